The second kappa shape index (κ2) is 9.06. The Hall–Kier alpha value is -5.14. The molecule has 0 aliphatic carbocycles. The highest BCUT2D eigenvalue weighted by Gasteiger charge is 2.26. The molecule has 7 nitrogen and oxygen atoms in total. The first-order chi connectivity index (χ1) is 18.8. The predicted molar refractivity (Wildman–Crippen MR) is 148 cm³/mol. The fourth-order valence-electron chi connectivity index (χ4n) is 4.81. The van der Waals surface area contributed by atoms with Gasteiger partial charge >= 0.3 is 5.82 Å². The van der Waals surface area contributed by atoms with E-state index in [0.717, 1.165) is 56.0 Å². The standard InChI is InChI=1S/C31H24N7/c32-18-22-11-13-27(14-12-22)38-31-28-17-24(23-7-3-1-4-8-23)19-33-29(28)15-16-36(31)30(35-38)25-20-34-37(21-25)26-9-5-2-6-10-26/h1-17,19-21H,18,32H2/q+1. The van der Waals surface area contributed by atoms with E-state index in [4.69, 9.17) is 15.8 Å². The zero-order valence-electron chi connectivity index (χ0n) is 20.5. The minimum Gasteiger partial charge on any atom is -0.326 e. The Balaban J connectivity index is 1.48. The summed E-state index contributed by atoms with van der Waals surface area (Å²) in [5.41, 5.74) is 13.8. The number of hydrogen-bond donors (Lipinski definition) is 1. The van der Waals surface area contributed by atoms with Crippen LogP contribution in [0.4, 0.5) is 0 Å². The molecule has 0 aliphatic rings. The second-order valence-electron chi connectivity index (χ2n) is 9.15. The number of aromatic nitrogens is 6. The summed E-state index contributed by atoms with van der Waals surface area (Å²) in [6, 6.07) is 32.8. The van der Waals surface area contributed by atoms with Gasteiger partial charge in [-0.15, -0.1) is 0 Å². The zero-order chi connectivity index (χ0) is 25.5. The van der Waals surface area contributed by atoms with Gasteiger partial charge in [0.2, 0.25) is 0 Å². The van der Waals surface area contributed by atoms with Crippen LogP contribution in [-0.4, -0.2) is 24.5 Å². The molecule has 4 heterocycles. The minimum absolute atomic E-state index is 0.492. The third-order valence-electron chi connectivity index (χ3n) is 6.78. The Bertz CT molecular complexity index is 1890. The van der Waals surface area contributed by atoms with Gasteiger partial charge in [-0.05, 0) is 47.5 Å². The van der Waals surface area contributed by atoms with E-state index in [2.05, 4.69) is 39.8 Å². The average Bonchev–Trinajstić information content (AvgIpc) is 3.64. The van der Waals surface area contributed by atoms with E-state index in [9.17, 15) is 0 Å². The minimum atomic E-state index is 0.492. The van der Waals surface area contributed by atoms with Gasteiger partial charge < -0.3 is 5.73 Å². The number of fused-ring (bicyclic) bond motifs is 3. The molecule has 4 aromatic heterocycles. The molecule has 0 bridgehead atoms. The number of nitrogens with two attached hydrogens (primary N) is 1. The van der Waals surface area contributed by atoms with Crippen LogP contribution in [0, 0.1) is 0 Å². The lowest BCUT2D eigenvalue weighted by molar-refractivity contribution is -0.498. The summed E-state index contributed by atoms with van der Waals surface area (Å²) in [7, 11) is 0. The van der Waals surface area contributed by atoms with Crippen LogP contribution in [0.15, 0.2) is 122 Å². The summed E-state index contributed by atoms with van der Waals surface area (Å²) in [5.74, 6) is 0.789. The molecule has 7 aromatic rings. The van der Waals surface area contributed by atoms with Crippen LogP contribution in [0.25, 0.3) is 50.4 Å². The van der Waals surface area contributed by atoms with Gasteiger partial charge in [0, 0.05) is 24.5 Å². The molecule has 0 aliphatic heterocycles. The normalized spacial score (nSPS) is 11.4. The molecule has 0 saturated carbocycles. The van der Waals surface area contributed by atoms with Crippen LogP contribution in [0.1, 0.15) is 5.56 Å². The van der Waals surface area contributed by atoms with Crippen molar-refractivity contribution in [3.63, 3.8) is 0 Å². The first kappa shape index (κ1) is 22.1. The number of nitrogens with zero attached hydrogens (tertiary/aromatic N) is 6. The summed E-state index contributed by atoms with van der Waals surface area (Å²) in [6.45, 7) is 0.492. The van der Waals surface area contributed by atoms with Crippen molar-refractivity contribution in [1.82, 2.24) is 24.5 Å². The zero-order valence-corrected chi connectivity index (χ0v) is 20.5. The first-order valence-corrected chi connectivity index (χ1v) is 12.5. The van der Waals surface area contributed by atoms with Gasteiger partial charge in [0.25, 0.3) is 5.65 Å². The summed E-state index contributed by atoms with van der Waals surface area (Å²) >= 11 is 0. The first-order valence-electron chi connectivity index (χ1n) is 12.5. The van der Waals surface area contributed by atoms with Gasteiger partial charge in [-0.3, -0.25) is 4.98 Å². The molecule has 0 fully saturated rings. The third kappa shape index (κ3) is 3.73. The van der Waals surface area contributed by atoms with Gasteiger partial charge in [0.05, 0.1) is 39.6 Å². The summed E-state index contributed by atoms with van der Waals surface area (Å²) in [4.78, 5) is 4.81. The molecular formula is C31H24N7+. The molecule has 0 saturated heterocycles. The Morgan fingerprint density at radius 1 is 0.737 bits per heavy atom. The fourth-order valence-corrected chi connectivity index (χ4v) is 4.81. The summed E-state index contributed by atoms with van der Waals surface area (Å²) in [5, 5.41) is 10.7. The quantitative estimate of drug-likeness (QED) is 0.336. The van der Waals surface area contributed by atoms with Crippen LogP contribution in [0.2, 0.25) is 0 Å². The number of pyridine rings is 2. The van der Waals surface area contributed by atoms with E-state index in [-0.39, 0.29) is 0 Å². The highest BCUT2D eigenvalue weighted by molar-refractivity contribution is 5.93. The van der Waals surface area contributed by atoms with Crippen LogP contribution in [-0.2, 0) is 6.54 Å². The molecule has 2 N–H and O–H groups in total. The van der Waals surface area contributed by atoms with Crippen molar-refractivity contribution in [2.75, 3.05) is 0 Å². The summed E-state index contributed by atoms with van der Waals surface area (Å²) < 4.78 is 5.96. The lowest BCUT2D eigenvalue weighted by Crippen LogP contribution is -2.22. The largest absolute Gasteiger partial charge is 0.326 e. The Kier molecular flexibility index (Phi) is 5.27. The lowest BCUT2D eigenvalue weighted by Gasteiger charge is -2.04. The van der Waals surface area contributed by atoms with E-state index >= 15 is 0 Å². The van der Waals surface area contributed by atoms with Crippen LogP contribution in [0.5, 0.6) is 0 Å². The fraction of sp³-hybridized carbons (Fsp3) is 0.0323. The van der Waals surface area contributed by atoms with Crippen molar-refractivity contribution in [3.8, 4) is 33.9 Å². The lowest BCUT2D eigenvalue weighted by atomic mass is 10.1. The molecule has 0 amide bonds. The van der Waals surface area contributed by atoms with Gasteiger partial charge in [0.1, 0.15) is 5.69 Å². The molecule has 0 unspecified atom stereocenters. The van der Waals surface area contributed by atoms with Crippen molar-refractivity contribution in [2.24, 2.45) is 5.73 Å². The topological polar surface area (TPSA) is 78.7 Å². The molecule has 182 valence electrons. The van der Waals surface area contributed by atoms with Crippen molar-refractivity contribution in [2.45, 2.75) is 6.54 Å². The van der Waals surface area contributed by atoms with Crippen molar-refractivity contribution in [1.29, 1.82) is 0 Å². The van der Waals surface area contributed by atoms with Crippen LogP contribution in [0.3, 0.4) is 0 Å². The third-order valence-corrected chi connectivity index (χ3v) is 6.78. The monoisotopic (exact) mass is 494 g/mol. The maximum absolute atomic E-state index is 5.86. The SMILES string of the molecule is NCc1ccc(-n2nc(-c3cnn(-c4ccccc4)c3)[n+]3ccc4ncc(-c5ccccc5)cc4c23)cc1. The molecule has 7 heteroatoms. The number of rotatable bonds is 5. The maximum Gasteiger partial charge on any atom is 0.317 e. The van der Waals surface area contributed by atoms with Crippen molar-refractivity contribution >= 4 is 16.6 Å². The number of para-hydroxylation sites is 1. The van der Waals surface area contributed by atoms with E-state index in [1.807, 2.05) is 101 Å². The van der Waals surface area contributed by atoms with E-state index in [0.29, 0.717) is 6.54 Å². The predicted octanol–water partition coefficient (Wildman–Crippen LogP) is 5.14. The van der Waals surface area contributed by atoms with Crippen molar-refractivity contribution in [3.05, 3.63) is 127 Å². The maximum atomic E-state index is 5.86. The molecule has 38 heavy (non-hydrogen) atoms. The number of hydrogen-bond acceptors (Lipinski definition) is 4. The molecule has 0 atom stereocenters. The smallest absolute Gasteiger partial charge is 0.317 e. The van der Waals surface area contributed by atoms with Gasteiger partial charge in [-0.2, -0.15) is 9.50 Å². The van der Waals surface area contributed by atoms with E-state index < -0.39 is 0 Å². The molecule has 0 spiro atoms. The van der Waals surface area contributed by atoms with Crippen LogP contribution >= 0.6 is 0 Å². The summed E-state index contributed by atoms with van der Waals surface area (Å²) in [6.07, 6.45) is 7.82. The van der Waals surface area contributed by atoms with Gasteiger partial charge in [0.15, 0.2) is 0 Å². The second-order valence-corrected chi connectivity index (χ2v) is 9.15. The van der Waals surface area contributed by atoms with Gasteiger partial charge in [-0.1, -0.05) is 65.3 Å². The Morgan fingerprint density at radius 2 is 1.50 bits per heavy atom. The molecule has 3 aromatic carbocycles. The highest BCUT2D eigenvalue weighted by atomic mass is 15.4. The Labute approximate surface area is 219 Å². The Morgan fingerprint density at radius 3 is 2.26 bits per heavy atom. The molecular weight excluding hydrogens is 470 g/mol. The number of benzene rings is 3. The van der Waals surface area contributed by atoms with E-state index in [1.54, 1.807) is 0 Å². The van der Waals surface area contributed by atoms with Crippen molar-refractivity contribution < 1.29 is 4.40 Å². The molecule has 0 radical (unpaired) electrons. The van der Waals surface area contributed by atoms with Crippen LogP contribution < -0.4 is 10.1 Å². The highest BCUT2D eigenvalue weighted by Crippen LogP contribution is 2.27. The molecule has 7 rings (SSSR count). The van der Waals surface area contributed by atoms with E-state index in [1.165, 1.54) is 0 Å². The average molecular weight is 495 g/mol. The van der Waals surface area contributed by atoms with Gasteiger partial charge in [-0.25, -0.2) is 4.68 Å².